The second kappa shape index (κ2) is 7.95. The topological polar surface area (TPSA) is 41.5 Å². The molecule has 2 N–H and O–H groups in total. The maximum atomic E-state index is 10.5. The summed E-state index contributed by atoms with van der Waals surface area (Å²) in [6.45, 7) is 4.22. The second-order valence-electron chi connectivity index (χ2n) is 5.74. The largest absolute Gasteiger partial charge is 0.488 e. The molecule has 1 fully saturated rings. The minimum Gasteiger partial charge on any atom is -0.488 e. The van der Waals surface area contributed by atoms with E-state index in [1.807, 2.05) is 0 Å². The van der Waals surface area contributed by atoms with Gasteiger partial charge in [-0.25, -0.2) is 0 Å². The van der Waals surface area contributed by atoms with Gasteiger partial charge in [0, 0.05) is 6.54 Å². The van der Waals surface area contributed by atoms with Gasteiger partial charge < -0.3 is 15.2 Å². The standard InChI is InChI=1S/C16H23Br2NO2/c1-2-19-10-12-8-13(17)15(14(18)9-12)21-11-16(20)6-4-3-5-7-16/h8-9,19-20H,2-7,10-11H2,1H3. The molecule has 0 aliphatic heterocycles. The fourth-order valence-electron chi connectivity index (χ4n) is 2.68. The lowest BCUT2D eigenvalue weighted by Crippen LogP contribution is -2.38. The van der Waals surface area contributed by atoms with E-state index in [0.717, 1.165) is 53.5 Å². The second-order valence-corrected chi connectivity index (χ2v) is 7.45. The molecule has 21 heavy (non-hydrogen) atoms. The van der Waals surface area contributed by atoms with Gasteiger partial charge in [0.25, 0.3) is 0 Å². The van der Waals surface area contributed by atoms with E-state index in [4.69, 9.17) is 4.74 Å². The first-order valence-corrected chi connectivity index (χ1v) is 9.16. The lowest BCUT2D eigenvalue weighted by molar-refractivity contribution is -0.0342. The van der Waals surface area contributed by atoms with E-state index in [2.05, 4.69) is 56.2 Å². The van der Waals surface area contributed by atoms with Crippen LogP contribution in [0.1, 0.15) is 44.6 Å². The zero-order valence-corrected chi connectivity index (χ0v) is 15.6. The van der Waals surface area contributed by atoms with Crippen molar-refractivity contribution in [2.75, 3.05) is 13.2 Å². The van der Waals surface area contributed by atoms with E-state index >= 15 is 0 Å². The SMILES string of the molecule is CCNCc1cc(Br)c(OCC2(O)CCCCC2)c(Br)c1. The molecular formula is C16H23Br2NO2. The van der Waals surface area contributed by atoms with Gasteiger partial charge in [-0.3, -0.25) is 0 Å². The van der Waals surface area contributed by atoms with E-state index in [-0.39, 0.29) is 0 Å². The molecule has 0 amide bonds. The molecule has 0 bridgehead atoms. The highest BCUT2D eigenvalue weighted by molar-refractivity contribution is 9.11. The van der Waals surface area contributed by atoms with Gasteiger partial charge in [0.05, 0.1) is 14.5 Å². The van der Waals surface area contributed by atoms with Crippen LogP contribution in [0.25, 0.3) is 0 Å². The third-order valence-corrected chi connectivity index (χ3v) is 5.08. The smallest absolute Gasteiger partial charge is 0.147 e. The van der Waals surface area contributed by atoms with Gasteiger partial charge in [-0.15, -0.1) is 0 Å². The van der Waals surface area contributed by atoms with Crippen molar-refractivity contribution < 1.29 is 9.84 Å². The molecule has 0 atom stereocenters. The van der Waals surface area contributed by atoms with Crippen molar-refractivity contribution in [3.8, 4) is 5.75 Å². The summed E-state index contributed by atoms with van der Waals surface area (Å²) in [5, 5.41) is 13.8. The number of ether oxygens (including phenoxy) is 1. The van der Waals surface area contributed by atoms with Gasteiger partial charge in [-0.05, 0) is 68.9 Å². The highest BCUT2D eigenvalue weighted by Crippen LogP contribution is 2.36. The van der Waals surface area contributed by atoms with Crippen LogP contribution < -0.4 is 10.1 Å². The number of benzene rings is 1. The maximum absolute atomic E-state index is 10.5. The summed E-state index contributed by atoms with van der Waals surface area (Å²) in [4.78, 5) is 0. The highest BCUT2D eigenvalue weighted by Gasteiger charge is 2.30. The molecule has 0 radical (unpaired) electrons. The number of nitrogens with one attached hydrogen (secondary N) is 1. The van der Waals surface area contributed by atoms with Gasteiger partial charge >= 0.3 is 0 Å². The molecule has 0 heterocycles. The average Bonchev–Trinajstić information content (AvgIpc) is 2.45. The molecule has 118 valence electrons. The zero-order valence-electron chi connectivity index (χ0n) is 12.4. The Kier molecular flexibility index (Phi) is 6.53. The van der Waals surface area contributed by atoms with E-state index in [9.17, 15) is 5.11 Å². The lowest BCUT2D eigenvalue weighted by atomic mass is 9.85. The van der Waals surface area contributed by atoms with Crippen molar-refractivity contribution in [1.29, 1.82) is 0 Å². The van der Waals surface area contributed by atoms with Gasteiger partial charge in [-0.2, -0.15) is 0 Å². The van der Waals surface area contributed by atoms with Crippen molar-refractivity contribution >= 4 is 31.9 Å². The maximum Gasteiger partial charge on any atom is 0.147 e. The van der Waals surface area contributed by atoms with Crippen molar-refractivity contribution in [3.63, 3.8) is 0 Å². The van der Waals surface area contributed by atoms with E-state index in [0.29, 0.717) is 6.61 Å². The summed E-state index contributed by atoms with van der Waals surface area (Å²) in [6, 6.07) is 4.13. The van der Waals surface area contributed by atoms with E-state index in [1.165, 1.54) is 12.0 Å². The number of hydrogen-bond acceptors (Lipinski definition) is 3. The van der Waals surface area contributed by atoms with E-state index in [1.54, 1.807) is 0 Å². The zero-order chi connectivity index (χ0) is 15.3. The first-order chi connectivity index (χ1) is 10.0. The highest BCUT2D eigenvalue weighted by atomic mass is 79.9. The summed E-state index contributed by atoms with van der Waals surface area (Å²) in [6.07, 6.45) is 5.06. The minimum absolute atomic E-state index is 0.358. The van der Waals surface area contributed by atoms with Crippen LogP contribution in [0.2, 0.25) is 0 Å². The van der Waals surface area contributed by atoms with Crippen LogP contribution in [0, 0.1) is 0 Å². The monoisotopic (exact) mass is 419 g/mol. The third kappa shape index (κ3) is 4.95. The third-order valence-electron chi connectivity index (χ3n) is 3.91. The molecule has 0 spiro atoms. The van der Waals surface area contributed by atoms with Crippen LogP contribution >= 0.6 is 31.9 Å². The van der Waals surface area contributed by atoms with Crippen LogP contribution in [0.3, 0.4) is 0 Å². The fourth-order valence-corrected chi connectivity index (χ4v) is 4.19. The van der Waals surface area contributed by atoms with Crippen LogP contribution in [0.4, 0.5) is 0 Å². The normalized spacial score (nSPS) is 17.7. The Bertz CT molecular complexity index is 450. The molecule has 2 rings (SSSR count). The van der Waals surface area contributed by atoms with Crippen molar-refractivity contribution in [2.24, 2.45) is 0 Å². The Hall–Kier alpha value is -0.100. The summed E-state index contributed by atoms with van der Waals surface area (Å²) in [5.74, 6) is 0.772. The molecule has 0 saturated heterocycles. The quantitative estimate of drug-likeness (QED) is 0.716. The summed E-state index contributed by atoms with van der Waals surface area (Å²) in [5.41, 5.74) is 0.527. The van der Waals surface area contributed by atoms with Crippen LogP contribution in [0.15, 0.2) is 21.1 Å². The Labute approximate surface area is 143 Å². The Balaban J connectivity index is 2.02. The van der Waals surface area contributed by atoms with Crippen molar-refractivity contribution in [1.82, 2.24) is 5.32 Å². The van der Waals surface area contributed by atoms with Crippen LogP contribution in [-0.2, 0) is 6.54 Å². The van der Waals surface area contributed by atoms with Gasteiger partial charge in [0.15, 0.2) is 0 Å². The summed E-state index contributed by atoms with van der Waals surface area (Å²) < 4.78 is 7.75. The Morgan fingerprint density at radius 2 is 1.81 bits per heavy atom. The molecular weight excluding hydrogens is 398 g/mol. The summed E-state index contributed by atoms with van der Waals surface area (Å²) in [7, 11) is 0. The predicted octanol–water partition coefficient (Wildman–Crippen LogP) is 4.40. The fraction of sp³-hybridized carbons (Fsp3) is 0.625. The molecule has 1 aliphatic carbocycles. The van der Waals surface area contributed by atoms with Crippen LogP contribution in [0.5, 0.6) is 5.75 Å². The first-order valence-electron chi connectivity index (χ1n) is 7.58. The molecule has 1 aromatic rings. The molecule has 1 saturated carbocycles. The summed E-state index contributed by atoms with van der Waals surface area (Å²) >= 11 is 7.14. The van der Waals surface area contributed by atoms with Gasteiger partial charge in [-0.1, -0.05) is 26.2 Å². The van der Waals surface area contributed by atoms with Crippen molar-refractivity contribution in [3.05, 3.63) is 26.6 Å². The average molecular weight is 421 g/mol. The Morgan fingerprint density at radius 3 is 2.38 bits per heavy atom. The van der Waals surface area contributed by atoms with Crippen molar-refractivity contribution in [2.45, 2.75) is 51.2 Å². The molecule has 1 aliphatic rings. The molecule has 0 unspecified atom stereocenters. The minimum atomic E-state index is -0.667. The number of hydrogen-bond donors (Lipinski definition) is 2. The molecule has 1 aromatic carbocycles. The molecule has 0 aromatic heterocycles. The Morgan fingerprint density at radius 1 is 1.19 bits per heavy atom. The number of aliphatic hydroxyl groups is 1. The van der Waals surface area contributed by atoms with Gasteiger partial charge in [0.1, 0.15) is 12.4 Å². The first kappa shape index (κ1) is 17.3. The molecule has 5 heteroatoms. The predicted molar refractivity (Wildman–Crippen MR) is 92.8 cm³/mol. The number of rotatable bonds is 6. The number of halogens is 2. The van der Waals surface area contributed by atoms with E-state index < -0.39 is 5.60 Å². The molecule has 3 nitrogen and oxygen atoms in total. The van der Waals surface area contributed by atoms with Gasteiger partial charge in [0.2, 0.25) is 0 Å². The van der Waals surface area contributed by atoms with Crippen LogP contribution in [-0.4, -0.2) is 23.9 Å². The lowest BCUT2D eigenvalue weighted by Gasteiger charge is -2.32.